The first kappa shape index (κ1) is 76.8. The van der Waals surface area contributed by atoms with E-state index in [-0.39, 0.29) is 5.41 Å². The lowest BCUT2D eigenvalue weighted by Crippen LogP contribution is -2.30. The molecule has 0 saturated heterocycles. The Labute approximate surface area is 768 Å². The number of nitrogens with zero attached hydrogens (tertiary/aromatic N) is 9. The van der Waals surface area contributed by atoms with E-state index in [0.29, 0.717) is 0 Å². The standard InChI is InChI=1S/C52H34N4.C42H33N3.C30H20N2/c1-3-11-39(12-4-1)53-29-27-37-31-45-43-15-7-9-17-47(43)55(51(45)33-49(37)53)41-23-19-35(20-24-41)36-21-25-42(26-22-36)56-48-18-10-8-16-44(48)46-32-38-28-30-54(50(38)34-52(46)56)40-13-5-2-6-14-40;1-28-24-29-25-41-36(27-40(29)43(28)30-14-5-4-6-15-30)42(2,3)35-20-9-12-23-39(35)45(41)32-17-13-16-31(26-32)44-37-21-10-7-18-33(37)34-19-8-11-22-38(34)44;1-5-16-27-23(12-1)24-13-2-6-17-28(24)31(27)21-10-9-11-22(20-21)32-29-18-7-3-14-25(29)26-15-4-8-19-30(26)32/h1-34H;4-27H,1-3H3;1-20H. The van der Waals surface area contributed by atoms with Crippen LogP contribution in [-0.4, -0.2) is 36.5 Å². The largest absolute Gasteiger partial charge is 0.316 e. The highest BCUT2D eigenvalue weighted by Crippen LogP contribution is 2.54. The molecule has 9 nitrogen and oxygen atoms in total. The summed E-state index contributed by atoms with van der Waals surface area (Å²) in [6, 6.07) is 167. The second-order valence-corrected chi connectivity index (χ2v) is 35.7. The lowest BCUT2D eigenvalue weighted by molar-refractivity contribution is 0.632. The lowest BCUT2D eigenvalue weighted by atomic mass is 9.73. The van der Waals surface area contributed by atoms with E-state index in [1.54, 1.807) is 0 Å². The smallest absolute Gasteiger partial charge is 0.0562 e. The van der Waals surface area contributed by atoms with Crippen LogP contribution in [0.5, 0.6) is 0 Å². The predicted octanol–water partition coefficient (Wildman–Crippen LogP) is 32.5. The fraction of sp³-hybridized carbons (Fsp3) is 0.0323. The minimum Gasteiger partial charge on any atom is -0.316 e. The second kappa shape index (κ2) is 30.7. The topological polar surface area (TPSA) is 42.7 Å². The quantitative estimate of drug-likeness (QED) is 0.135. The van der Waals surface area contributed by atoms with Crippen LogP contribution in [0.3, 0.4) is 0 Å². The van der Waals surface area contributed by atoms with Crippen LogP contribution in [-0.2, 0) is 5.41 Å². The zero-order valence-electron chi connectivity index (χ0n) is 73.6. The van der Waals surface area contributed by atoms with Gasteiger partial charge in [0.25, 0.3) is 0 Å². The number of aromatic nitrogens is 8. The first-order valence-corrected chi connectivity index (χ1v) is 45.9. The Bertz CT molecular complexity index is 8780. The lowest BCUT2D eigenvalue weighted by Gasteiger charge is -2.42. The Morgan fingerprint density at radius 1 is 0.173 bits per heavy atom. The summed E-state index contributed by atoms with van der Waals surface area (Å²) in [5, 5.41) is 16.4. The first-order valence-electron chi connectivity index (χ1n) is 45.9. The molecule has 1 aliphatic heterocycles. The maximum atomic E-state index is 2.47. The Kier molecular flexibility index (Phi) is 17.7. The van der Waals surface area contributed by atoms with Crippen molar-refractivity contribution < 1.29 is 0 Å². The van der Waals surface area contributed by atoms with Gasteiger partial charge in [0.1, 0.15) is 0 Å². The van der Waals surface area contributed by atoms with Crippen LogP contribution in [0.1, 0.15) is 30.7 Å². The molecule has 0 N–H and O–H groups in total. The summed E-state index contributed by atoms with van der Waals surface area (Å²) in [6.07, 6.45) is 4.35. The summed E-state index contributed by atoms with van der Waals surface area (Å²) in [7, 11) is 0. The van der Waals surface area contributed by atoms with Gasteiger partial charge in [-0.05, 0) is 235 Å². The molecular weight excluding hydrogens is 1620 g/mol. The number of hydrogen-bond donors (Lipinski definition) is 0. The van der Waals surface area contributed by atoms with Crippen molar-refractivity contribution in [3.8, 4) is 56.6 Å². The summed E-state index contributed by atoms with van der Waals surface area (Å²) in [6.45, 7) is 6.94. The van der Waals surface area contributed by atoms with Crippen LogP contribution in [0.25, 0.3) is 198 Å². The van der Waals surface area contributed by atoms with Crippen molar-refractivity contribution in [1.29, 1.82) is 0 Å². The van der Waals surface area contributed by atoms with Crippen LogP contribution >= 0.6 is 0 Å². The van der Waals surface area contributed by atoms with Crippen LogP contribution in [0.4, 0.5) is 17.1 Å². The molecule has 9 heterocycles. The van der Waals surface area contributed by atoms with Crippen LogP contribution < -0.4 is 4.90 Å². The number of anilines is 3. The minimum atomic E-state index is -0.180. The predicted molar refractivity (Wildman–Crippen MR) is 559 cm³/mol. The minimum absolute atomic E-state index is 0.180. The van der Waals surface area contributed by atoms with E-state index in [2.05, 4.69) is 536 Å². The van der Waals surface area contributed by atoms with Crippen molar-refractivity contribution in [3.05, 3.63) is 490 Å². The molecule has 0 fully saturated rings. The molecule has 0 atom stereocenters. The summed E-state index contributed by atoms with van der Waals surface area (Å²) < 4.78 is 18.9. The van der Waals surface area contributed by atoms with Gasteiger partial charge in [-0.25, -0.2) is 0 Å². The molecule has 0 amide bonds. The van der Waals surface area contributed by atoms with E-state index < -0.39 is 0 Å². The molecule has 0 spiro atoms. The number of rotatable bonds is 10. The van der Waals surface area contributed by atoms with Crippen LogP contribution in [0.2, 0.25) is 0 Å². The highest BCUT2D eigenvalue weighted by atomic mass is 15.2. The molecule has 0 aliphatic carbocycles. The van der Waals surface area contributed by atoms with E-state index in [4.69, 9.17) is 0 Å². The highest BCUT2D eigenvalue weighted by Gasteiger charge is 2.38. The molecule has 19 aromatic carbocycles. The summed E-state index contributed by atoms with van der Waals surface area (Å²) >= 11 is 0. The highest BCUT2D eigenvalue weighted by molar-refractivity contribution is 6.17. The molecule has 0 radical (unpaired) electrons. The van der Waals surface area contributed by atoms with Crippen molar-refractivity contribution in [3.63, 3.8) is 0 Å². The van der Waals surface area contributed by atoms with Gasteiger partial charge in [-0.15, -0.1) is 0 Å². The van der Waals surface area contributed by atoms with Crippen molar-refractivity contribution in [2.45, 2.75) is 26.2 Å². The average molecular weight is 1700 g/mol. The van der Waals surface area contributed by atoms with Gasteiger partial charge in [0.2, 0.25) is 0 Å². The molecule has 0 bridgehead atoms. The Hall–Kier alpha value is -17.4. The molecule has 0 unspecified atom stereocenters. The second-order valence-electron chi connectivity index (χ2n) is 35.7. The van der Waals surface area contributed by atoms with Crippen molar-refractivity contribution in [1.82, 2.24) is 36.5 Å². The molecule has 1 aliphatic rings. The molecule has 628 valence electrons. The van der Waals surface area contributed by atoms with E-state index >= 15 is 0 Å². The zero-order valence-corrected chi connectivity index (χ0v) is 73.6. The molecule has 133 heavy (non-hydrogen) atoms. The maximum absolute atomic E-state index is 2.47. The van der Waals surface area contributed by atoms with Crippen molar-refractivity contribution in [2.24, 2.45) is 0 Å². The monoisotopic (exact) mass is 1700 g/mol. The molecular formula is C124H87N9. The number of benzene rings is 19. The van der Waals surface area contributed by atoms with Gasteiger partial charge in [-0.1, -0.05) is 269 Å². The SMILES string of the molecule is Cc1cc2cc3c(cc2n1-c1ccccc1)C(C)(C)c1ccccc1N3c1cccc(-n2c3ccccc3c3ccccc32)c1.c1cc(-n2c3ccccc3c3ccccc32)cc(-n2c3ccccc3c3ccccc32)c1.c1ccc(-n2ccc3cc4c5ccccc5n(-c5ccc(-c6ccc(-n7c8ccccc8c8cc9ccn(-c%10ccccc%10)c9cc87)cc6)cc5)c4cc32)cc1. The zero-order chi connectivity index (χ0) is 88.1. The molecule has 27 aromatic rings. The Balaban J connectivity index is 0.000000108. The number of para-hydroxylation sites is 12. The molecule has 8 aromatic heterocycles. The number of hydrogen-bond acceptors (Lipinski definition) is 1. The van der Waals surface area contributed by atoms with Gasteiger partial charge in [-0.3, -0.25) is 0 Å². The van der Waals surface area contributed by atoms with Crippen LogP contribution in [0, 0.1) is 6.92 Å². The molecule has 0 saturated carbocycles. The van der Waals surface area contributed by atoms with Crippen LogP contribution in [0.15, 0.2) is 473 Å². The van der Waals surface area contributed by atoms with Gasteiger partial charge in [0.05, 0.1) is 83.1 Å². The number of aryl methyl sites for hydroxylation is 1. The van der Waals surface area contributed by atoms with Gasteiger partial charge >= 0.3 is 0 Å². The van der Waals surface area contributed by atoms with E-state index in [9.17, 15) is 0 Å². The van der Waals surface area contributed by atoms with E-state index in [1.807, 2.05) is 0 Å². The Morgan fingerprint density at radius 3 is 0.872 bits per heavy atom. The third-order valence-corrected chi connectivity index (χ3v) is 27.9. The summed E-state index contributed by atoms with van der Waals surface area (Å²) in [4.78, 5) is 2.47. The van der Waals surface area contributed by atoms with Gasteiger partial charge in [0.15, 0.2) is 0 Å². The molecule has 9 heteroatoms. The fourth-order valence-corrected chi connectivity index (χ4v) is 21.9. The maximum Gasteiger partial charge on any atom is 0.0562 e. The van der Waals surface area contributed by atoms with Gasteiger partial charge in [-0.2, -0.15) is 0 Å². The Morgan fingerprint density at radius 2 is 0.481 bits per heavy atom. The van der Waals surface area contributed by atoms with Crippen molar-refractivity contribution >= 4 is 159 Å². The van der Waals surface area contributed by atoms with E-state index in [1.165, 1.54) is 198 Å². The summed E-state index contributed by atoms with van der Waals surface area (Å²) in [5.74, 6) is 0. The normalized spacial score (nSPS) is 12.5. The third kappa shape index (κ3) is 12.3. The van der Waals surface area contributed by atoms with E-state index in [0.717, 1.165) is 34.1 Å². The van der Waals surface area contributed by atoms with Gasteiger partial charge in [0, 0.05) is 145 Å². The molecule has 28 rings (SSSR count). The van der Waals surface area contributed by atoms with Gasteiger partial charge < -0.3 is 41.4 Å². The van der Waals surface area contributed by atoms with Crippen molar-refractivity contribution in [2.75, 3.05) is 4.90 Å². The average Bonchev–Trinajstić information content (AvgIpc) is 1.69. The first-order chi connectivity index (χ1) is 65.7. The fourth-order valence-electron chi connectivity index (χ4n) is 21.9. The summed E-state index contributed by atoms with van der Waals surface area (Å²) in [5.41, 5.74) is 34.8. The number of fused-ring (bicyclic) bond motifs is 20. The third-order valence-electron chi connectivity index (χ3n) is 27.9.